The Hall–Kier alpha value is -1.33. The average Bonchev–Trinajstić information content (AvgIpc) is 2.90. The van der Waals surface area contributed by atoms with E-state index in [0.29, 0.717) is 18.7 Å². The second kappa shape index (κ2) is 8.85. The Bertz CT molecular complexity index is 527. The second-order valence-electron chi connectivity index (χ2n) is 4.87. The number of β-amino-alcohol motifs (C(OH)–C–C–N with tert-alkyl or cyclic N) is 1. The third-order valence-corrected chi connectivity index (χ3v) is 3.27. The van der Waals surface area contributed by atoms with E-state index in [4.69, 9.17) is 5.26 Å². The Morgan fingerprint density at radius 1 is 1.57 bits per heavy atom. The first kappa shape index (κ1) is 17.7. The molecule has 1 heterocycles. The van der Waals surface area contributed by atoms with Crippen molar-refractivity contribution in [2.75, 3.05) is 19.6 Å². The van der Waals surface area contributed by atoms with Crippen LogP contribution in [0.2, 0.25) is 0 Å². The molecule has 0 amide bonds. The van der Waals surface area contributed by atoms with Gasteiger partial charge in [-0.25, -0.2) is 4.99 Å². The number of rotatable bonds is 3. The Kier molecular flexibility index (Phi) is 7.47. The normalized spacial score (nSPS) is 18.0. The van der Waals surface area contributed by atoms with Crippen LogP contribution in [0.15, 0.2) is 29.3 Å². The predicted molar refractivity (Wildman–Crippen MR) is 93.6 cm³/mol. The Balaban J connectivity index is 0.00000220. The fraction of sp³-hybridized carbons (Fsp3) is 0.467. The number of aliphatic hydroxyl groups excluding tert-OH is 1. The van der Waals surface area contributed by atoms with E-state index in [-0.39, 0.29) is 30.1 Å². The monoisotopic (exact) mass is 400 g/mol. The van der Waals surface area contributed by atoms with Gasteiger partial charge in [0.2, 0.25) is 0 Å². The zero-order valence-corrected chi connectivity index (χ0v) is 14.4. The van der Waals surface area contributed by atoms with Gasteiger partial charge in [0.25, 0.3) is 0 Å². The van der Waals surface area contributed by atoms with Gasteiger partial charge in [0.05, 0.1) is 24.3 Å². The molecule has 114 valence electrons. The van der Waals surface area contributed by atoms with Gasteiger partial charge in [0.15, 0.2) is 5.96 Å². The van der Waals surface area contributed by atoms with Crippen molar-refractivity contribution < 1.29 is 5.11 Å². The highest BCUT2D eigenvalue weighted by Crippen LogP contribution is 2.10. The molecule has 21 heavy (non-hydrogen) atoms. The summed E-state index contributed by atoms with van der Waals surface area (Å²) in [6.07, 6.45) is 0.523. The summed E-state index contributed by atoms with van der Waals surface area (Å²) in [5, 5.41) is 21.7. The van der Waals surface area contributed by atoms with E-state index < -0.39 is 0 Å². The summed E-state index contributed by atoms with van der Waals surface area (Å²) in [5.41, 5.74) is 1.67. The molecule has 1 aromatic carbocycles. The van der Waals surface area contributed by atoms with Gasteiger partial charge in [0, 0.05) is 19.6 Å². The van der Waals surface area contributed by atoms with Crippen LogP contribution in [-0.2, 0) is 6.54 Å². The van der Waals surface area contributed by atoms with Crippen molar-refractivity contribution in [1.29, 1.82) is 5.26 Å². The molecule has 0 aromatic heterocycles. The molecule has 2 N–H and O–H groups in total. The van der Waals surface area contributed by atoms with Crippen LogP contribution in [0.1, 0.15) is 24.5 Å². The number of guanidine groups is 1. The highest BCUT2D eigenvalue weighted by molar-refractivity contribution is 14.0. The Labute approximate surface area is 142 Å². The summed E-state index contributed by atoms with van der Waals surface area (Å²) < 4.78 is 0. The summed E-state index contributed by atoms with van der Waals surface area (Å²) in [4.78, 5) is 6.66. The first-order valence-electron chi connectivity index (χ1n) is 6.93. The van der Waals surface area contributed by atoms with Crippen LogP contribution in [0.5, 0.6) is 0 Å². The minimum atomic E-state index is -0.263. The summed E-state index contributed by atoms with van der Waals surface area (Å²) in [6, 6.07) is 9.61. The van der Waals surface area contributed by atoms with Gasteiger partial charge in [-0.3, -0.25) is 0 Å². The van der Waals surface area contributed by atoms with Gasteiger partial charge in [-0.15, -0.1) is 24.0 Å². The van der Waals surface area contributed by atoms with E-state index in [1.807, 2.05) is 25.1 Å². The van der Waals surface area contributed by atoms with Crippen molar-refractivity contribution >= 4 is 29.9 Å². The number of hydrogen-bond donors (Lipinski definition) is 2. The van der Waals surface area contributed by atoms with Crippen molar-refractivity contribution in [1.82, 2.24) is 10.2 Å². The number of aliphatic imine (C=N–C) groups is 1. The van der Waals surface area contributed by atoms with E-state index >= 15 is 0 Å². The summed E-state index contributed by atoms with van der Waals surface area (Å²) in [7, 11) is 0. The molecular formula is C15H21IN4O. The van der Waals surface area contributed by atoms with Crippen molar-refractivity contribution in [2.45, 2.75) is 26.0 Å². The zero-order valence-electron chi connectivity index (χ0n) is 12.1. The Morgan fingerprint density at radius 3 is 3.00 bits per heavy atom. The minimum absolute atomic E-state index is 0. The third kappa shape index (κ3) is 5.17. The molecule has 1 fully saturated rings. The quantitative estimate of drug-likeness (QED) is 0.461. The minimum Gasteiger partial charge on any atom is -0.391 e. The van der Waals surface area contributed by atoms with Gasteiger partial charge < -0.3 is 15.3 Å². The van der Waals surface area contributed by atoms with E-state index in [9.17, 15) is 5.11 Å². The van der Waals surface area contributed by atoms with Crippen LogP contribution in [0.4, 0.5) is 0 Å². The number of aliphatic hydroxyl groups is 1. The fourth-order valence-corrected chi connectivity index (χ4v) is 2.27. The van der Waals surface area contributed by atoms with E-state index in [1.54, 1.807) is 6.07 Å². The maximum atomic E-state index is 9.61. The van der Waals surface area contributed by atoms with Crippen LogP contribution in [-0.4, -0.2) is 41.7 Å². The standard InChI is InChI=1S/C15H20N4O.HI/c1-2-17-15(19-7-6-14(20)11-19)18-10-13-5-3-4-12(8-13)9-16;/h3-5,8,14,20H,2,6-7,10-11H2,1H3,(H,17,18);1H/t14-;/m1./s1. The molecule has 5 nitrogen and oxygen atoms in total. The lowest BCUT2D eigenvalue weighted by Crippen LogP contribution is -2.40. The molecule has 1 atom stereocenters. The molecule has 1 aliphatic rings. The number of nitrogens with one attached hydrogen (secondary N) is 1. The molecule has 1 aromatic rings. The SMILES string of the molecule is CCNC(=NCc1cccc(C#N)c1)N1CC[C@@H](O)C1.I. The van der Waals surface area contributed by atoms with Crippen LogP contribution in [0, 0.1) is 11.3 Å². The lowest BCUT2D eigenvalue weighted by Gasteiger charge is -2.20. The smallest absolute Gasteiger partial charge is 0.194 e. The largest absolute Gasteiger partial charge is 0.391 e. The Morgan fingerprint density at radius 2 is 2.38 bits per heavy atom. The lowest BCUT2D eigenvalue weighted by molar-refractivity contribution is 0.188. The summed E-state index contributed by atoms with van der Waals surface area (Å²) in [6.45, 7) is 4.81. The van der Waals surface area contributed by atoms with Gasteiger partial charge in [0.1, 0.15) is 0 Å². The maximum absolute atomic E-state index is 9.61. The summed E-state index contributed by atoms with van der Waals surface area (Å²) in [5.74, 6) is 0.825. The molecule has 2 rings (SSSR count). The van der Waals surface area contributed by atoms with E-state index in [0.717, 1.165) is 31.0 Å². The number of nitrogens with zero attached hydrogens (tertiary/aromatic N) is 3. The molecule has 0 bridgehead atoms. The van der Waals surface area contributed by atoms with Crippen LogP contribution in [0.25, 0.3) is 0 Å². The molecule has 0 radical (unpaired) electrons. The van der Waals surface area contributed by atoms with Gasteiger partial charge in [-0.05, 0) is 31.0 Å². The fourth-order valence-electron chi connectivity index (χ4n) is 2.27. The van der Waals surface area contributed by atoms with E-state index in [2.05, 4.69) is 21.3 Å². The highest BCUT2D eigenvalue weighted by atomic mass is 127. The molecule has 0 aliphatic carbocycles. The number of nitriles is 1. The van der Waals surface area contributed by atoms with Gasteiger partial charge in [-0.1, -0.05) is 12.1 Å². The molecule has 0 spiro atoms. The molecular weight excluding hydrogens is 379 g/mol. The topological polar surface area (TPSA) is 71.7 Å². The zero-order chi connectivity index (χ0) is 14.4. The predicted octanol–water partition coefficient (Wildman–Crippen LogP) is 1.71. The molecule has 6 heteroatoms. The van der Waals surface area contributed by atoms with Crippen molar-refractivity contribution in [3.05, 3.63) is 35.4 Å². The number of hydrogen-bond acceptors (Lipinski definition) is 3. The molecule has 0 unspecified atom stereocenters. The van der Waals surface area contributed by atoms with Crippen LogP contribution >= 0.6 is 24.0 Å². The van der Waals surface area contributed by atoms with Crippen molar-refractivity contribution in [3.63, 3.8) is 0 Å². The lowest BCUT2D eigenvalue weighted by atomic mass is 10.1. The van der Waals surface area contributed by atoms with E-state index in [1.165, 1.54) is 0 Å². The maximum Gasteiger partial charge on any atom is 0.194 e. The van der Waals surface area contributed by atoms with Gasteiger partial charge >= 0.3 is 0 Å². The molecule has 1 saturated heterocycles. The third-order valence-electron chi connectivity index (χ3n) is 3.27. The van der Waals surface area contributed by atoms with Crippen LogP contribution in [0.3, 0.4) is 0 Å². The molecule has 0 saturated carbocycles. The number of halogens is 1. The average molecular weight is 400 g/mol. The van der Waals surface area contributed by atoms with Crippen molar-refractivity contribution in [2.24, 2.45) is 4.99 Å². The highest BCUT2D eigenvalue weighted by Gasteiger charge is 2.22. The number of likely N-dealkylation sites (tertiary alicyclic amines) is 1. The second-order valence-corrected chi connectivity index (χ2v) is 4.87. The van der Waals surface area contributed by atoms with Crippen molar-refractivity contribution in [3.8, 4) is 6.07 Å². The first-order valence-corrected chi connectivity index (χ1v) is 6.93. The van der Waals surface area contributed by atoms with Gasteiger partial charge in [-0.2, -0.15) is 5.26 Å². The van der Waals surface area contributed by atoms with Crippen LogP contribution < -0.4 is 5.32 Å². The summed E-state index contributed by atoms with van der Waals surface area (Å²) >= 11 is 0. The number of benzene rings is 1. The first-order chi connectivity index (χ1) is 9.72. The molecule has 1 aliphatic heterocycles.